The van der Waals surface area contributed by atoms with Crippen LogP contribution in [0.5, 0.6) is 5.75 Å². The standard InChI is InChI=1S/C28H22ClFN4O5/c1-39-24-7-2-4-19-18(24)12-13-33(26(19)23(35)14-16-8-10-17(11-9-16)28(37)38)27(36)21-15-34(32-31-21)22-6-3-5-20(29)25(22)30/h2-11,15,26H,12-14H2,1H3,(H,37,38). The minimum absolute atomic E-state index is 0.0280. The van der Waals surface area contributed by atoms with E-state index >= 15 is 0 Å². The van der Waals surface area contributed by atoms with Gasteiger partial charge in [-0.15, -0.1) is 5.10 Å². The summed E-state index contributed by atoms with van der Waals surface area (Å²) in [6, 6.07) is 14.8. The molecule has 9 nitrogen and oxygen atoms in total. The number of aromatic nitrogens is 3. The first-order valence-electron chi connectivity index (χ1n) is 12.0. The molecule has 198 valence electrons. The van der Waals surface area contributed by atoms with Crippen molar-refractivity contribution in [3.05, 3.63) is 106 Å². The van der Waals surface area contributed by atoms with Gasteiger partial charge in [-0.25, -0.2) is 13.9 Å². The lowest BCUT2D eigenvalue weighted by atomic mass is 9.87. The number of methoxy groups -OCH3 is 1. The number of carboxylic acid groups (broad SMARTS) is 1. The summed E-state index contributed by atoms with van der Waals surface area (Å²) in [6.45, 7) is 0.207. The lowest BCUT2D eigenvalue weighted by Crippen LogP contribution is -2.44. The van der Waals surface area contributed by atoms with E-state index in [2.05, 4.69) is 10.3 Å². The maximum Gasteiger partial charge on any atom is 0.335 e. The van der Waals surface area contributed by atoms with Gasteiger partial charge in [0.25, 0.3) is 5.91 Å². The molecule has 1 atom stereocenters. The Morgan fingerprint density at radius 3 is 2.56 bits per heavy atom. The van der Waals surface area contributed by atoms with Gasteiger partial charge in [0, 0.05) is 18.5 Å². The van der Waals surface area contributed by atoms with Crippen molar-refractivity contribution in [1.29, 1.82) is 0 Å². The molecule has 0 fully saturated rings. The Balaban J connectivity index is 1.49. The number of carbonyl (C=O) groups excluding carboxylic acids is 2. The number of hydrogen-bond acceptors (Lipinski definition) is 6. The number of carbonyl (C=O) groups is 3. The molecule has 1 amide bonds. The van der Waals surface area contributed by atoms with Crippen LogP contribution in [0, 0.1) is 5.82 Å². The minimum Gasteiger partial charge on any atom is -0.496 e. The predicted molar refractivity (Wildman–Crippen MR) is 139 cm³/mol. The number of Topliss-reactive ketones (excluding diaryl/α,β-unsaturated/α-hetero) is 1. The van der Waals surface area contributed by atoms with Crippen LogP contribution in [0.2, 0.25) is 5.02 Å². The van der Waals surface area contributed by atoms with Gasteiger partial charge < -0.3 is 14.7 Å². The maximum atomic E-state index is 14.5. The first-order valence-corrected chi connectivity index (χ1v) is 12.3. The number of aromatic carboxylic acids is 1. The molecule has 1 aromatic heterocycles. The van der Waals surface area contributed by atoms with E-state index in [1.54, 1.807) is 43.5 Å². The molecule has 2 heterocycles. The second-order valence-corrected chi connectivity index (χ2v) is 9.35. The Kier molecular flexibility index (Phi) is 7.12. The fraction of sp³-hybridized carbons (Fsp3) is 0.179. The Morgan fingerprint density at radius 2 is 1.85 bits per heavy atom. The van der Waals surface area contributed by atoms with Gasteiger partial charge in [-0.1, -0.05) is 47.1 Å². The van der Waals surface area contributed by atoms with E-state index in [0.717, 1.165) is 10.2 Å². The summed E-state index contributed by atoms with van der Waals surface area (Å²) in [5.41, 5.74) is 2.14. The van der Waals surface area contributed by atoms with Crippen LogP contribution in [0.15, 0.2) is 66.9 Å². The molecule has 0 aliphatic carbocycles. The molecule has 1 N–H and O–H groups in total. The third-order valence-electron chi connectivity index (χ3n) is 6.63. The second kappa shape index (κ2) is 10.7. The van der Waals surface area contributed by atoms with Crippen LogP contribution in [0.3, 0.4) is 0 Å². The van der Waals surface area contributed by atoms with Crippen LogP contribution in [0.1, 0.15) is 43.6 Å². The zero-order chi connectivity index (χ0) is 27.7. The highest BCUT2D eigenvalue weighted by molar-refractivity contribution is 6.30. The number of carboxylic acids is 1. The van der Waals surface area contributed by atoms with Gasteiger partial charge in [0.15, 0.2) is 17.3 Å². The molecule has 11 heteroatoms. The molecule has 5 rings (SSSR count). The van der Waals surface area contributed by atoms with E-state index in [1.165, 1.54) is 35.4 Å². The van der Waals surface area contributed by atoms with Crippen molar-refractivity contribution in [1.82, 2.24) is 19.9 Å². The van der Waals surface area contributed by atoms with Crippen molar-refractivity contribution in [2.24, 2.45) is 0 Å². The summed E-state index contributed by atoms with van der Waals surface area (Å²) in [4.78, 5) is 40.1. The van der Waals surface area contributed by atoms with Crippen LogP contribution in [-0.2, 0) is 17.6 Å². The lowest BCUT2D eigenvalue weighted by Gasteiger charge is -2.36. The van der Waals surface area contributed by atoms with E-state index in [1.807, 2.05) is 0 Å². The minimum atomic E-state index is -1.07. The molecule has 1 unspecified atom stereocenters. The molecule has 0 spiro atoms. The molecule has 3 aromatic carbocycles. The average molecular weight is 549 g/mol. The smallest absolute Gasteiger partial charge is 0.335 e. The summed E-state index contributed by atoms with van der Waals surface area (Å²) in [6.07, 6.45) is 1.70. The summed E-state index contributed by atoms with van der Waals surface area (Å²) >= 11 is 5.88. The highest BCUT2D eigenvalue weighted by atomic mass is 35.5. The molecule has 39 heavy (non-hydrogen) atoms. The normalized spacial score (nSPS) is 14.5. The fourth-order valence-electron chi connectivity index (χ4n) is 4.75. The first-order chi connectivity index (χ1) is 18.8. The van der Waals surface area contributed by atoms with Crippen molar-refractivity contribution in [3.8, 4) is 11.4 Å². The second-order valence-electron chi connectivity index (χ2n) is 8.95. The van der Waals surface area contributed by atoms with E-state index in [0.29, 0.717) is 23.3 Å². The Bertz CT molecular complexity index is 1590. The SMILES string of the molecule is COc1cccc2c1CCN(C(=O)c1cn(-c3cccc(Cl)c3F)nn1)C2C(=O)Cc1ccc(C(=O)O)cc1. The number of rotatable bonds is 7. The molecule has 0 saturated heterocycles. The highest BCUT2D eigenvalue weighted by Gasteiger charge is 2.38. The number of amides is 1. The van der Waals surface area contributed by atoms with Crippen molar-refractivity contribution in [3.63, 3.8) is 0 Å². The van der Waals surface area contributed by atoms with Gasteiger partial charge in [-0.05, 0) is 47.9 Å². The third kappa shape index (κ3) is 4.98. The quantitative estimate of drug-likeness (QED) is 0.366. The summed E-state index contributed by atoms with van der Waals surface area (Å²) in [5, 5.41) is 16.9. The van der Waals surface area contributed by atoms with Gasteiger partial charge in [0.1, 0.15) is 17.5 Å². The fourth-order valence-corrected chi connectivity index (χ4v) is 4.92. The van der Waals surface area contributed by atoms with Crippen LogP contribution in [-0.4, -0.2) is 56.3 Å². The zero-order valence-electron chi connectivity index (χ0n) is 20.7. The summed E-state index contributed by atoms with van der Waals surface area (Å²) in [5.74, 6) is -1.97. The monoisotopic (exact) mass is 548 g/mol. The molecule has 1 aliphatic heterocycles. The van der Waals surface area contributed by atoms with Crippen LogP contribution < -0.4 is 4.74 Å². The maximum absolute atomic E-state index is 14.5. The van der Waals surface area contributed by atoms with Crippen molar-refractivity contribution in [2.75, 3.05) is 13.7 Å². The van der Waals surface area contributed by atoms with Crippen molar-refractivity contribution >= 4 is 29.3 Å². The molecule has 4 aromatic rings. The van der Waals surface area contributed by atoms with Crippen LogP contribution >= 0.6 is 11.6 Å². The molecule has 0 bridgehead atoms. The molecule has 1 aliphatic rings. The van der Waals surface area contributed by atoms with Gasteiger partial charge >= 0.3 is 5.97 Å². The lowest BCUT2D eigenvalue weighted by molar-refractivity contribution is -0.123. The number of ether oxygens (including phenoxy) is 1. The number of benzene rings is 3. The topological polar surface area (TPSA) is 115 Å². The van der Waals surface area contributed by atoms with Crippen molar-refractivity contribution < 1.29 is 28.6 Å². The molecule has 0 saturated carbocycles. The molecular weight excluding hydrogens is 527 g/mol. The predicted octanol–water partition coefficient (Wildman–Crippen LogP) is 4.32. The van der Waals surface area contributed by atoms with Gasteiger partial charge in [0.05, 0.1) is 23.9 Å². The summed E-state index contributed by atoms with van der Waals surface area (Å²) < 4.78 is 21.2. The Hall–Kier alpha value is -4.57. The van der Waals surface area contributed by atoms with E-state index < -0.39 is 23.7 Å². The van der Waals surface area contributed by atoms with Gasteiger partial charge in [0.2, 0.25) is 0 Å². The number of hydrogen-bond donors (Lipinski definition) is 1. The Morgan fingerprint density at radius 1 is 1.10 bits per heavy atom. The number of fused-ring (bicyclic) bond motifs is 1. The van der Waals surface area contributed by atoms with Gasteiger partial charge in [-0.2, -0.15) is 0 Å². The zero-order valence-corrected chi connectivity index (χ0v) is 21.4. The number of halogens is 2. The number of ketones is 1. The van der Waals surface area contributed by atoms with E-state index in [-0.39, 0.29) is 40.7 Å². The van der Waals surface area contributed by atoms with Crippen LogP contribution in [0.25, 0.3) is 5.69 Å². The van der Waals surface area contributed by atoms with Crippen LogP contribution in [0.4, 0.5) is 4.39 Å². The third-order valence-corrected chi connectivity index (χ3v) is 6.93. The van der Waals surface area contributed by atoms with Crippen molar-refractivity contribution in [2.45, 2.75) is 18.9 Å². The largest absolute Gasteiger partial charge is 0.496 e. The van der Waals surface area contributed by atoms with E-state index in [4.69, 9.17) is 21.4 Å². The summed E-state index contributed by atoms with van der Waals surface area (Å²) in [7, 11) is 1.54. The van der Waals surface area contributed by atoms with E-state index in [9.17, 15) is 18.8 Å². The molecular formula is C28H22ClFN4O5. The van der Waals surface area contributed by atoms with Gasteiger partial charge in [-0.3, -0.25) is 9.59 Å². The first kappa shape index (κ1) is 26.1. The Labute approximate surface area is 227 Å². The molecule has 0 radical (unpaired) electrons. The highest BCUT2D eigenvalue weighted by Crippen LogP contribution is 2.37. The number of nitrogens with zero attached hydrogens (tertiary/aromatic N) is 4. The average Bonchev–Trinajstić information content (AvgIpc) is 3.43.